The van der Waals surface area contributed by atoms with E-state index in [9.17, 15) is 17.2 Å². The van der Waals surface area contributed by atoms with Gasteiger partial charge in [-0.3, -0.25) is 4.99 Å². The van der Waals surface area contributed by atoms with E-state index < -0.39 is 21.5 Å². The number of sulfone groups is 1. The number of halogens is 2. The van der Waals surface area contributed by atoms with E-state index in [0.717, 1.165) is 12.1 Å². The first kappa shape index (κ1) is 19.6. The van der Waals surface area contributed by atoms with E-state index in [1.165, 1.54) is 6.07 Å². The van der Waals surface area contributed by atoms with Crippen LogP contribution in [0.15, 0.2) is 23.2 Å². The van der Waals surface area contributed by atoms with Gasteiger partial charge in [0.05, 0.1) is 17.5 Å². The summed E-state index contributed by atoms with van der Waals surface area (Å²) in [6.45, 7) is 6.15. The topological polar surface area (TPSA) is 70.6 Å². The monoisotopic (exact) mass is 373 g/mol. The van der Waals surface area contributed by atoms with Crippen molar-refractivity contribution in [3.05, 3.63) is 35.4 Å². The van der Waals surface area contributed by atoms with Crippen LogP contribution in [-0.4, -0.2) is 38.5 Å². The van der Waals surface area contributed by atoms with Gasteiger partial charge in [0, 0.05) is 12.6 Å². The first-order chi connectivity index (χ1) is 11.7. The van der Waals surface area contributed by atoms with Gasteiger partial charge < -0.3 is 10.6 Å². The molecule has 0 saturated carbocycles. The van der Waals surface area contributed by atoms with Crippen LogP contribution in [0.2, 0.25) is 0 Å². The summed E-state index contributed by atoms with van der Waals surface area (Å²) < 4.78 is 49.6. The molecule has 1 heterocycles. The molecule has 1 aliphatic heterocycles. The van der Waals surface area contributed by atoms with E-state index in [2.05, 4.69) is 15.6 Å². The van der Waals surface area contributed by atoms with Crippen molar-refractivity contribution in [1.29, 1.82) is 0 Å². The van der Waals surface area contributed by atoms with Gasteiger partial charge in [0.25, 0.3) is 0 Å². The maximum atomic E-state index is 13.4. The SMILES string of the molecule is CC(C)NC(=NCC1CCS(=O)(=O)C1)NC(C)c1ccc(F)c(F)c1. The second kappa shape index (κ2) is 8.12. The Kier molecular flexibility index (Phi) is 6.37. The molecule has 25 heavy (non-hydrogen) atoms. The van der Waals surface area contributed by atoms with Gasteiger partial charge in [-0.2, -0.15) is 0 Å². The number of benzene rings is 1. The second-order valence-corrected chi connectivity index (χ2v) is 9.03. The van der Waals surface area contributed by atoms with Crippen LogP contribution in [0.4, 0.5) is 8.78 Å². The highest BCUT2D eigenvalue weighted by atomic mass is 32.2. The minimum absolute atomic E-state index is 0.0225. The molecule has 2 unspecified atom stereocenters. The molecule has 1 aromatic carbocycles. The lowest BCUT2D eigenvalue weighted by Crippen LogP contribution is -2.42. The van der Waals surface area contributed by atoms with E-state index >= 15 is 0 Å². The summed E-state index contributed by atoms with van der Waals surface area (Å²) in [7, 11) is -2.93. The summed E-state index contributed by atoms with van der Waals surface area (Å²) in [4.78, 5) is 4.48. The Morgan fingerprint density at radius 2 is 1.96 bits per heavy atom. The fraction of sp³-hybridized carbons (Fsp3) is 0.588. The zero-order valence-corrected chi connectivity index (χ0v) is 15.5. The van der Waals surface area contributed by atoms with Crippen LogP contribution >= 0.6 is 0 Å². The Morgan fingerprint density at radius 1 is 1.24 bits per heavy atom. The molecule has 1 aromatic rings. The van der Waals surface area contributed by atoms with E-state index in [1.54, 1.807) is 0 Å². The maximum absolute atomic E-state index is 13.4. The summed E-state index contributed by atoms with van der Waals surface area (Å²) in [5, 5.41) is 6.33. The van der Waals surface area contributed by atoms with Crippen LogP contribution < -0.4 is 10.6 Å². The van der Waals surface area contributed by atoms with Gasteiger partial charge in [0.2, 0.25) is 0 Å². The van der Waals surface area contributed by atoms with E-state index in [0.29, 0.717) is 24.5 Å². The molecule has 5 nitrogen and oxygen atoms in total. The standard InChI is InChI=1S/C17H25F2N3O2S/c1-11(2)21-17(20-9-13-6-7-25(23,24)10-13)22-12(3)14-4-5-15(18)16(19)8-14/h4-5,8,11-13H,6-7,9-10H2,1-3H3,(H2,20,21,22). The molecule has 2 atom stereocenters. The lowest BCUT2D eigenvalue weighted by molar-refractivity contribution is 0.504. The van der Waals surface area contributed by atoms with Gasteiger partial charge in [-0.15, -0.1) is 0 Å². The van der Waals surface area contributed by atoms with Crippen molar-refractivity contribution in [1.82, 2.24) is 10.6 Å². The van der Waals surface area contributed by atoms with Crippen LogP contribution in [0.1, 0.15) is 38.8 Å². The smallest absolute Gasteiger partial charge is 0.191 e. The Balaban J connectivity index is 2.05. The van der Waals surface area contributed by atoms with Crippen LogP contribution in [0, 0.1) is 17.6 Å². The van der Waals surface area contributed by atoms with Crippen molar-refractivity contribution in [2.75, 3.05) is 18.1 Å². The first-order valence-electron chi connectivity index (χ1n) is 8.39. The first-order valence-corrected chi connectivity index (χ1v) is 10.2. The Hall–Kier alpha value is -1.70. The van der Waals surface area contributed by atoms with Crippen molar-refractivity contribution in [2.24, 2.45) is 10.9 Å². The fourth-order valence-electron chi connectivity index (χ4n) is 2.71. The molecule has 0 aliphatic carbocycles. The molecule has 1 saturated heterocycles. The third-order valence-electron chi connectivity index (χ3n) is 4.06. The van der Waals surface area contributed by atoms with Crippen molar-refractivity contribution in [2.45, 2.75) is 39.3 Å². The predicted octanol–water partition coefficient (Wildman–Crippen LogP) is 2.40. The normalized spacial score (nSPS) is 21.4. The highest BCUT2D eigenvalue weighted by Crippen LogP contribution is 2.19. The van der Waals surface area contributed by atoms with Gasteiger partial charge in [0.1, 0.15) is 0 Å². The average Bonchev–Trinajstić information content (AvgIpc) is 2.86. The molecular formula is C17H25F2N3O2S. The molecule has 0 bridgehead atoms. The molecule has 2 N–H and O–H groups in total. The molecule has 0 aromatic heterocycles. The summed E-state index contributed by atoms with van der Waals surface area (Å²) in [5.74, 6) is -0.834. The Morgan fingerprint density at radius 3 is 2.52 bits per heavy atom. The number of rotatable bonds is 5. The number of guanidine groups is 1. The molecule has 1 fully saturated rings. The second-order valence-electron chi connectivity index (χ2n) is 6.80. The number of nitrogens with one attached hydrogen (secondary N) is 2. The lowest BCUT2D eigenvalue weighted by atomic mass is 10.1. The lowest BCUT2D eigenvalue weighted by Gasteiger charge is -2.21. The zero-order chi connectivity index (χ0) is 18.6. The third-order valence-corrected chi connectivity index (χ3v) is 5.89. The van der Waals surface area contributed by atoms with Crippen LogP contribution in [-0.2, 0) is 9.84 Å². The highest BCUT2D eigenvalue weighted by Gasteiger charge is 2.27. The van der Waals surface area contributed by atoms with E-state index in [-0.39, 0.29) is 29.5 Å². The van der Waals surface area contributed by atoms with Gasteiger partial charge in [-0.1, -0.05) is 6.07 Å². The molecule has 0 radical (unpaired) electrons. The molecule has 2 rings (SSSR count). The Labute approximate surface area is 147 Å². The van der Waals surface area contributed by atoms with Crippen molar-refractivity contribution in [3.63, 3.8) is 0 Å². The van der Waals surface area contributed by atoms with Crippen molar-refractivity contribution >= 4 is 15.8 Å². The zero-order valence-electron chi connectivity index (χ0n) is 14.7. The molecule has 140 valence electrons. The summed E-state index contributed by atoms with van der Waals surface area (Å²) >= 11 is 0. The minimum Gasteiger partial charge on any atom is -0.354 e. The van der Waals surface area contributed by atoms with Gasteiger partial charge >= 0.3 is 0 Å². The quantitative estimate of drug-likeness (QED) is 0.614. The van der Waals surface area contributed by atoms with Crippen LogP contribution in [0.25, 0.3) is 0 Å². The average molecular weight is 373 g/mol. The fourth-order valence-corrected chi connectivity index (χ4v) is 4.56. The highest BCUT2D eigenvalue weighted by molar-refractivity contribution is 7.91. The Bertz CT molecular complexity index is 735. The molecule has 1 aliphatic rings. The predicted molar refractivity (Wildman–Crippen MR) is 95.2 cm³/mol. The number of aliphatic imine (C=N–C) groups is 1. The van der Waals surface area contributed by atoms with Gasteiger partial charge in [-0.25, -0.2) is 17.2 Å². The maximum Gasteiger partial charge on any atom is 0.191 e. The summed E-state index contributed by atoms with van der Waals surface area (Å²) in [6, 6.07) is 3.61. The van der Waals surface area contributed by atoms with Crippen molar-refractivity contribution < 1.29 is 17.2 Å². The molecule has 0 amide bonds. The van der Waals surface area contributed by atoms with E-state index in [4.69, 9.17) is 0 Å². The van der Waals surface area contributed by atoms with E-state index in [1.807, 2.05) is 20.8 Å². The summed E-state index contributed by atoms with van der Waals surface area (Å²) in [6.07, 6.45) is 0.625. The van der Waals surface area contributed by atoms with Crippen molar-refractivity contribution in [3.8, 4) is 0 Å². The number of hydrogen-bond acceptors (Lipinski definition) is 3. The minimum atomic E-state index is -2.93. The van der Waals surface area contributed by atoms with Gasteiger partial charge in [0.15, 0.2) is 27.4 Å². The van der Waals surface area contributed by atoms with Crippen LogP contribution in [0.3, 0.4) is 0 Å². The third kappa shape index (κ3) is 5.95. The van der Waals surface area contributed by atoms with Gasteiger partial charge in [-0.05, 0) is 50.8 Å². The van der Waals surface area contributed by atoms with Crippen LogP contribution in [0.5, 0.6) is 0 Å². The molecule has 0 spiro atoms. The largest absolute Gasteiger partial charge is 0.354 e. The number of hydrogen-bond donors (Lipinski definition) is 2. The molecule has 8 heteroatoms. The summed E-state index contributed by atoms with van der Waals surface area (Å²) in [5.41, 5.74) is 0.598. The number of nitrogens with zero attached hydrogens (tertiary/aromatic N) is 1. The molecular weight excluding hydrogens is 348 g/mol.